The third-order valence-corrected chi connectivity index (χ3v) is 4.64. The van der Waals surface area contributed by atoms with Gasteiger partial charge in [-0.1, -0.05) is 35.9 Å². The summed E-state index contributed by atoms with van der Waals surface area (Å²) in [4.78, 5) is 14.5. The molecule has 1 atom stereocenters. The summed E-state index contributed by atoms with van der Waals surface area (Å²) in [5, 5.41) is 0.764. The largest absolute Gasteiger partial charge is 0.339 e. The van der Waals surface area contributed by atoms with Crippen molar-refractivity contribution in [1.29, 1.82) is 0 Å². The van der Waals surface area contributed by atoms with Gasteiger partial charge in [-0.3, -0.25) is 4.79 Å². The molecule has 1 saturated carbocycles. The summed E-state index contributed by atoms with van der Waals surface area (Å²) in [6.45, 7) is 0.949. The number of hydrogen-bond donors (Lipinski definition) is 0. The van der Waals surface area contributed by atoms with E-state index in [1.54, 1.807) is 0 Å². The first kappa shape index (κ1) is 14.6. The average molecular weight is 304 g/mol. The molecule has 2 nitrogen and oxygen atoms in total. The van der Waals surface area contributed by atoms with Crippen LogP contribution in [0.3, 0.4) is 0 Å². The molecule has 112 valence electrons. The van der Waals surface area contributed by atoms with Crippen molar-refractivity contribution in [3.63, 3.8) is 0 Å². The smallest absolute Gasteiger partial charge is 0.225 e. The van der Waals surface area contributed by atoms with E-state index in [9.17, 15) is 4.79 Å². The normalized spacial score (nSPS) is 22.7. The van der Waals surface area contributed by atoms with Crippen LogP contribution in [0.5, 0.6) is 0 Å². The summed E-state index contributed by atoms with van der Waals surface area (Å²) >= 11 is 5.99. The Bertz CT molecular complexity index is 536. The number of halogens is 1. The summed E-state index contributed by atoms with van der Waals surface area (Å²) in [6, 6.07) is 8.26. The van der Waals surface area contributed by atoms with Crippen LogP contribution in [0, 0.1) is 5.92 Å². The zero-order valence-corrected chi connectivity index (χ0v) is 13.1. The minimum absolute atomic E-state index is 0.336. The highest BCUT2D eigenvalue weighted by molar-refractivity contribution is 6.30. The van der Waals surface area contributed by atoms with Crippen molar-refractivity contribution in [1.82, 2.24) is 4.90 Å². The Morgan fingerprint density at radius 2 is 2.14 bits per heavy atom. The van der Waals surface area contributed by atoms with Gasteiger partial charge < -0.3 is 4.90 Å². The molecule has 0 N–H and O–H groups in total. The van der Waals surface area contributed by atoms with Crippen molar-refractivity contribution in [2.75, 3.05) is 6.54 Å². The van der Waals surface area contributed by atoms with E-state index in [4.69, 9.17) is 11.6 Å². The lowest BCUT2D eigenvalue weighted by atomic mass is 9.98. The van der Waals surface area contributed by atoms with Crippen LogP contribution >= 0.6 is 11.6 Å². The average Bonchev–Trinajstić information content (AvgIpc) is 3.32. The fourth-order valence-electron chi connectivity index (χ4n) is 3.07. The van der Waals surface area contributed by atoms with E-state index in [-0.39, 0.29) is 0 Å². The Morgan fingerprint density at radius 3 is 2.90 bits per heavy atom. The van der Waals surface area contributed by atoms with Gasteiger partial charge >= 0.3 is 0 Å². The van der Waals surface area contributed by atoms with Crippen molar-refractivity contribution in [3.05, 3.63) is 40.9 Å². The zero-order valence-electron chi connectivity index (χ0n) is 12.3. The molecule has 0 spiro atoms. The van der Waals surface area contributed by atoms with Gasteiger partial charge in [-0.25, -0.2) is 0 Å². The second-order valence-corrected chi connectivity index (χ2v) is 6.59. The molecule has 0 aromatic heterocycles. The van der Waals surface area contributed by atoms with Gasteiger partial charge in [0.15, 0.2) is 0 Å². The number of benzene rings is 1. The number of likely N-dealkylation sites (tertiary alicyclic amines) is 1. The number of hydrogen-bond acceptors (Lipinski definition) is 1. The topological polar surface area (TPSA) is 20.3 Å². The van der Waals surface area contributed by atoms with Gasteiger partial charge in [-0.15, -0.1) is 0 Å². The maximum Gasteiger partial charge on any atom is 0.225 e. The maximum atomic E-state index is 12.3. The molecule has 2 fully saturated rings. The summed E-state index contributed by atoms with van der Waals surface area (Å²) < 4.78 is 0. The van der Waals surface area contributed by atoms with Crippen LogP contribution in [0.25, 0.3) is 6.08 Å². The van der Waals surface area contributed by atoms with Crippen LogP contribution in [-0.4, -0.2) is 23.4 Å². The zero-order chi connectivity index (χ0) is 14.7. The molecule has 1 unspecified atom stereocenters. The van der Waals surface area contributed by atoms with Gasteiger partial charge in [-0.2, -0.15) is 0 Å². The monoisotopic (exact) mass is 303 g/mol. The van der Waals surface area contributed by atoms with E-state index in [2.05, 4.69) is 23.1 Å². The highest BCUT2D eigenvalue weighted by Crippen LogP contribution is 2.34. The SMILES string of the molecule is O=C(C1CC1)N1CCCCC1C/C=C/c1cccc(Cl)c1. The molecule has 3 heteroatoms. The summed E-state index contributed by atoms with van der Waals surface area (Å²) in [6.07, 6.45) is 11.0. The first-order valence-corrected chi connectivity index (χ1v) is 8.34. The van der Waals surface area contributed by atoms with Crippen molar-refractivity contribution in [2.45, 2.75) is 44.6 Å². The number of amides is 1. The van der Waals surface area contributed by atoms with Crippen molar-refractivity contribution in [2.24, 2.45) is 5.92 Å². The Kier molecular flexibility index (Phi) is 4.64. The van der Waals surface area contributed by atoms with Gasteiger partial charge in [0.1, 0.15) is 0 Å². The maximum absolute atomic E-state index is 12.3. The fourth-order valence-corrected chi connectivity index (χ4v) is 3.27. The molecule has 2 aliphatic rings. The molecule has 21 heavy (non-hydrogen) atoms. The number of piperidine rings is 1. The second kappa shape index (κ2) is 6.65. The molecule has 0 radical (unpaired) electrons. The number of carbonyl (C=O) groups is 1. The second-order valence-electron chi connectivity index (χ2n) is 6.15. The molecule has 1 aromatic rings. The van der Waals surface area contributed by atoms with Crippen LogP contribution in [0.2, 0.25) is 5.02 Å². The van der Waals surface area contributed by atoms with E-state index in [0.29, 0.717) is 17.9 Å². The molecule has 1 aromatic carbocycles. The number of carbonyl (C=O) groups excluding carboxylic acids is 1. The summed E-state index contributed by atoms with van der Waals surface area (Å²) in [5.74, 6) is 0.735. The molecular formula is C18H22ClNO. The molecule has 1 aliphatic heterocycles. The van der Waals surface area contributed by atoms with E-state index in [1.165, 1.54) is 6.42 Å². The van der Waals surface area contributed by atoms with Crippen molar-refractivity contribution in [3.8, 4) is 0 Å². The van der Waals surface area contributed by atoms with Crippen molar-refractivity contribution < 1.29 is 4.79 Å². The Hall–Kier alpha value is -1.28. The van der Waals surface area contributed by atoms with E-state index in [0.717, 1.165) is 49.2 Å². The van der Waals surface area contributed by atoms with Gasteiger partial charge in [0.2, 0.25) is 5.91 Å². The molecule has 0 bridgehead atoms. The van der Waals surface area contributed by atoms with Crippen LogP contribution in [0.4, 0.5) is 0 Å². The lowest BCUT2D eigenvalue weighted by Crippen LogP contribution is -2.44. The highest BCUT2D eigenvalue weighted by Gasteiger charge is 2.36. The Labute approximate surface area is 131 Å². The molecular weight excluding hydrogens is 282 g/mol. The first-order chi connectivity index (χ1) is 10.2. The molecule has 3 rings (SSSR count). The lowest BCUT2D eigenvalue weighted by molar-refractivity contribution is -0.136. The van der Waals surface area contributed by atoms with Crippen LogP contribution in [0.15, 0.2) is 30.3 Å². The third-order valence-electron chi connectivity index (χ3n) is 4.40. The third kappa shape index (κ3) is 3.88. The predicted octanol–water partition coefficient (Wildman–Crippen LogP) is 4.53. The van der Waals surface area contributed by atoms with Gasteiger partial charge in [-0.05, 0) is 56.2 Å². The van der Waals surface area contributed by atoms with E-state index < -0.39 is 0 Å². The minimum Gasteiger partial charge on any atom is -0.339 e. The predicted molar refractivity (Wildman–Crippen MR) is 87.2 cm³/mol. The van der Waals surface area contributed by atoms with E-state index >= 15 is 0 Å². The fraction of sp³-hybridized carbons (Fsp3) is 0.500. The molecule has 1 heterocycles. The quantitative estimate of drug-likeness (QED) is 0.800. The number of rotatable bonds is 4. The van der Waals surface area contributed by atoms with Gasteiger partial charge in [0.05, 0.1) is 0 Å². The first-order valence-electron chi connectivity index (χ1n) is 7.96. The van der Waals surface area contributed by atoms with Crippen LogP contribution in [-0.2, 0) is 4.79 Å². The summed E-state index contributed by atoms with van der Waals surface area (Å²) in [5.41, 5.74) is 1.12. The highest BCUT2D eigenvalue weighted by atomic mass is 35.5. The van der Waals surface area contributed by atoms with Gasteiger partial charge in [0.25, 0.3) is 0 Å². The van der Waals surface area contributed by atoms with Gasteiger partial charge in [0, 0.05) is 23.5 Å². The Balaban J connectivity index is 1.60. The molecule has 1 saturated heterocycles. The standard InChI is InChI=1S/C18H22ClNO/c19-16-7-3-5-14(13-16)6-4-9-17-8-1-2-12-20(17)18(21)15-10-11-15/h3-7,13,15,17H,1-2,8-12H2/b6-4+. The Morgan fingerprint density at radius 1 is 1.29 bits per heavy atom. The van der Waals surface area contributed by atoms with Crippen LogP contribution in [0.1, 0.15) is 44.1 Å². The molecule has 1 aliphatic carbocycles. The molecule has 1 amide bonds. The van der Waals surface area contributed by atoms with Crippen LogP contribution < -0.4 is 0 Å². The lowest BCUT2D eigenvalue weighted by Gasteiger charge is -2.35. The summed E-state index contributed by atoms with van der Waals surface area (Å²) in [7, 11) is 0. The number of nitrogens with zero attached hydrogens (tertiary/aromatic N) is 1. The minimum atomic E-state index is 0.336. The van der Waals surface area contributed by atoms with Crippen molar-refractivity contribution >= 4 is 23.6 Å². The van der Waals surface area contributed by atoms with E-state index in [1.807, 2.05) is 18.2 Å².